The average molecular weight is 685 g/mol. The number of carbonyl (C=O) groups excluding carboxylic acids is 2. The summed E-state index contributed by atoms with van der Waals surface area (Å²) in [6, 6.07) is -1.90. The van der Waals surface area contributed by atoms with Gasteiger partial charge in [-0.2, -0.15) is 0 Å². The predicted octanol–water partition coefficient (Wildman–Crippen LogP) is 5.82. The Hall–Kier alpha value is -1.30. The first-order valence-corrected chi connectivity index (χ1v) is 20.0. The first-order valence-electron chi connectivity index (χ1n) is 20.0. The number of nitrogens with one attached hydrogen (secondary N) is 1. The van der Waals surface area contributed by atoms with Gasteiger partial charge >= 0.3 is 0 Å². The van der Waals surface area contributed by atoms with Crippen LogP contribution in [-0.2, 0) is 14.3 Å². The quantitative estimate of drug-likeness (QED) is 0.0496. The van der Waals surface area contributed by atoms with Crippen molar-refractivity contribution in [3.63, 3.8) is 0 Å². The number of amides is 2. The minimum Gasteiger partial charge on any atom is -0.394 e. The zero-order valence-electron chi connectivity index (χ0n) is 30.9. The molecule has 1 saturated heterocycles. The van der Waals surface area contributed by atoms with Gasteiger partial charge in [-0.05, 0) is 32.2 Å². The topological polar surface area (TPSA) is 171 Å². The van der Waals surface area contributed by atoms with E-state index in [9.17, 15) is 24.9 Å². The summed E-state index contributed by atoms with van der Waals surface area (Å²) in [4.78, 5) is 28.5. The van der Waals surface area contributed by atoms with Gasteiger partial charge in [0.1, 0.15) is 24.4 Å². The fraction of sp³-hybridized carbons (Fsp3) is 0.947. The molecule has 10 nitrogen and oxygen atoms in total. The third-order valence-electron chi connectivity index (χ3n) is 9.89. The molecule has 0 aliphatic carbocycles. The Morgan fingerprint density at radius 1 is 0.708 bits per heavy atom. The minimum atomic E-state index is -1.44. The summed E-state index contributed by atoms with van der Waals surface area (Å²) in [5.41, 5.74) is 11.7. The number of aliphatic hydroxyl groups excluding tert-OH is 3. The van der Waals surface area contributed by atoms with E-state index in [-0.39, 0.29) is 5.91 Å². The van der Waals surface area contributed by atoms with Gasteiger partial charge in [0.05, 0.1) is 12.6 Å². The minimum absolute atomic E-state index is 0.0993. The Morgan fingerprint density at radius 3 is 1.67 bits per heavy atom. The van der Waals surface area contributed by atoms with E-state index in [1.807, 2.05) is 0 Å². The van der Waals surface area contributed by atoms with E-state index in [0.29, 0.717) is 32.4 Å². The van der Waals surface area contributed by atoms with Crippen molar-refractivity contribution in [2.24, 2.45) is 11.5 Å². The van der Waals surface area contributed by atoms with Crippen molar-refractivity contribution in [1.29, 1.82) is 0 Å². The van der Waals surface area contributed by atoms with Crippen LogP contribution in [0, 0.1) is 0 Å². The molecular formula is C38H76N4O6. The van der Waals surface area contributed by atoms with Gasteiger partial charge < -0.3 is 41.7 Å². The van der Waals surface area contributed by atoms with Crippen LogP contribution in [0.2, 0.25) is 0 Å². The number of carbonyl (C=O) groups is 2. The molecule has 1 heterocycles. The van der Waals surface area contributed by atoms with E-state index in [4.69, 9.17) is 16.2 Å². The number of hydrogen-bond donors (Lipinski definition) is 6. The van der Waals surface area contributed by atoms with Gasteiger partial charge in [-0.15, -0.1) is 0 Å². The van der Waals surface area contributed by atoms with Crippen LogP contribution in [-0.4, -0.2) is 88.4 Å². The largest absolute Gasteiger partial charge is 0.394 e. The maximum absolute atomic E-state index is 13.8. The molecule has 8 N–H and O–H groups in total. The van der Waals surface area contributed by atoms with Crippen molar-refractivity contribution in [3.8, 4) is 0 Å². The number of ether oxygens (including phenoxy) is 1. The SMILES string of the molecule is CCCCCCCCCCCCCCN(C(=O)CCCCCCCCCCC)[C@@H]1O[C@H](CO)[C@@H](O)[C@H](O)[C@H]1NC(=O)[C@@H](N)CCCCN. The number of unbranched alkanes of at least 4 members (excludes halogenated alkanes) is 20. The summed E-state index contributed by atoms with van der Waals surface area (Å²) >= 11 is 0. The molecule has 0 spiro atoms. The summed E-state index contributed by atoms with van der Waals surface area (Å²) in [7, 11) is 0. The van der Waals surface area contributed by atoms with E-state index < -0.39 is 49.1 Å². The van der Waals surface area contributed by atoms with E-state index in [2.05, 4.69) is 19.2 Å². The van der Waals surface area contributed by atoms with E-state index in [0.717, 1.165) is 44.9 Å². The second kappa shape index (κ2) is 29.4. The molecule has 284 valence electrons. The molecule has 0 aromatic heterocycles. The molecule has 10 heteroatoms. The molecular weight excluding hydrogens is 608 g/mol. The fourth-order valence-electron chi connectivity index (χ4n) is 6.68. The Labute approximate surface area is 293 Å². The monoisotopic (exact) mass is 685 g/mol. The lowest BCUT2D eigenvalue weighted by molar-refractivity contribution is -0.231. The third kappa shape index (κ3) is 19.2. The molecule has 1 aliphatic rings. The maximum atomic E-state index is 13.8. The number of rotatable bonds is 31. The highest BCUT2D eigenvalue weighted by molar-refractivity contribution is 5.82. The number of aliphatic hydroxyl groups is 3. The zero-order chi connectivity index (χ0) is 35.4. The highest BCUT2D eigenvalue weighted by Crippen LogP contribution is 2.26. The Kier molecular flexibility index (Phi) is 27.4. The standard InChI is InChI=1S/C38H76N4O6/c1-3-5-7-9-11-13-14-15-17-19-21-25-29-42(33(44)27-22-20-18-16-12-10-8-6-4-2)38-34(36(46)35(45)32(30-43)48-38)41-37(47)31(40)26-23-24-28-39/h31-32,34-36,38,43,45-46H,3-30,39-40H2,1-2H3,(H,41,47)/t31-,32+,34+,35+,36+,38+/m0/s1. The molecule has 1 rings (SSSR count). The van der Waals surface area contributed by atoms with Crippen molar-refractivity contribution >= 4 is 11.8 Å². The summed E-state index contributed by atoms with van der Waals surface area (Å²) in [5, 5.41) is 34.6. The van der Waals surface area contributed by atoms with Crippen molar-refractivity contribution in [3.05, 3.63) is 0 Å². The number of hydrogen-bond acceptors (Lipinski definition) is 8. The second-order valence-electron chi connectivity index (χ2n) is 14.2. The summed E-state index contributed by atoms with van der Waals surface area (Å²) in [6.07, 6.45) is 21.9. The number of nitrogens with two attached hydrogens (primary N) is 2. The molecule has 1 aliphatic heterocycles. The second-order valence-corrected chi connectivity index (χ2v) is 14.2. The van der Waals surface area contributed by atoms with Crippen LogP contribution in [0.1, 0.15) is 174 Å². The van der Waals surface area contributed by atoms with Crippen molar-refractivity contribution in [2.75, 3.05) is 19.7 Å². The lowest BCUT2D eigenvalue weighted by Crippen LogP contribution is -2.69. The molecule has 0 saturated carbocycles. The summed E-state index contributed by atoms with van der Waals surface area (Å²) < 4.78 is 6.12. The Balaban J connectivity index is 2.84. The Morgan fingerprint density at radius 2 is 1.19 bits per heavy atom. The van der Waals surface area contributed by atoms with E-state index in [1.165, 1.54) is 96.3 Å². The van der Waals surface area contributed by atoms with Gasteiger partial charge in [-0.3, -0.25) is 9.59 Å². The van der Waals surface area contributed by atoms with E-state index in [1.54, 1.807) is 4.90 Å². The molecule has 0 aromatic carbocycles. The molecule has 0 radical (unpaired) electrons. The van der Waals surface area contributed by atoms with Gasteiger partial charge in [0, 0.05) is 13.0 Å². The highest BCUT2D eigenvalue weighted by atomic mass is 16.5. The zero-order valence-corrected chi connectivity index (χ0v) is 30.9. The van der Waals surface area contributed by atoms with Gasteiger partial charge in [0.15, 0.2) is 6.23 Å². The van der Waals surface area contributed by atoms with Crippen LogP contribution in [0.15, 0.2) is 0 Å². The van der Waals surface area contributed by atoms with Gasteiger partial charge in [0.25, 0.3) is 0 Å². The van der Waals surface area contributed by atoms with Gasteiger partial charge in [-0.25, -0.2) is 0 Å². The molecule has 0 aromatic rings. The van der Waals surface area contributed by atoms with E-state index >= 15 is 0 Å². The lowest BCUT2D eigenvalue weighted by atomic mass is 9.94. The normalized spacial score (nSPS) is 21.7. The molecule has 0 unspecified atom stereocenters. The first-order chi connectivity index (χ1) is 23.3. The van der Waals surface area contributed by atoms with Gasteiger partial charge in [0.2, 0.25) is 11.8 Å². The summed E-state index contributed by atoms with van der Waals surface area (Å²) in [5.74, 6) is -0.575. The Bertz CT molecular complexity index is 790. The highest BCUT2D eigenvalue weighted by Gasteiger charge is 2.48. The first kappa shape index (κ1) is 44.7. The van der Waals surface area contributed by atoms with Crippen LogP contribution in [0.4, 0.5) is 0 Å². The van der Waals surface area contributed by atoms with Crippen LogP contribution >= 0.6 is 0 Å². The van der Waals surface area contributed by atoms with Crippen molar-refractivity contribution < 1.29 is 29.6 Å². The average Bonchev–Trinajstić information content (AvgIpc) is 3.08. The summed E-state index contributed by atoms with van der Waals surface area (Å²) in [6.45, 7) is 4.87. The van der Waals surface area contributed by atoms with Crippen LogP contribution in [0.3, 0.4) is 0 Å². The fourth-order valence-corrected chi connectivity index (χ4v) is 6.68. The maximum Gasteiger partial charge on any atom is 0.237 e. The van der Waals surface area contributed by atoms with Gasteiger partial charge in [-0.1, -0.05) is 142 Å². The molecule has 6 atom stereocenters. The molecule has 0 bridgehead atoms. The lowest BCUT2D eigenvalue weighted by Gasteiger charge is -2.47. The number of nitrogens with zero attached hydrogens (tertiary/aromatic N) is 1. The molecule has 48 heavy (non-hydrogen) atoms. The van der Waals surface area contributed by atoms with Crippen LogP contribution in [0.25, 0.3) is 0 Å². The van der Waals surface area contributed by atoms with Crippen LogP contribution in [0.5, 0.6) is 0 Å². The van der Waals surface area contributed by atoms with Crippen molar-refractivity contribution in [1.82, 2.24) is 10.2 Å². The van der Waals surface area contributed by atoms with Crippen LogP contribution < -0.4 is 16.8 Å². The third-order valence-corrected chi connectivity index (χ3v) is 9.89. The van der Waals surface area contributed by atoms with Crippen molar-refractivity contribution in [2.45, 2.75) is 211 Å². The predicted molar refractivity (Wildman–Crippen MR) is 195 cm³/mol. The molecule has 1 fully saturated rings. The smallest absolute Gasteiger partial charge is 0.237 e. The molecule has 2 amide bonds.